The van der Waals surface area contributed by atoms with E-state index in [-0.39, 0.29) is 111 Å². The first kappa shape index (κ1) is 66.9. The maximum atomic E-state index is 13.7. The normalized spacial score (nSPS) is 12.0. The molecule has 0 saturated carbocycles. The van der Waals surface area contributed by atoms with Crippen LogP contribution < -0.4 is 24.0 Å². The van der Waals surface area contributed by atoms with E-state index in [9.17, 15) is 58.7 Å². The molecule has 0 atom stereocenters. The molecule has 0 radical (unpaired) electrons. The number of amides is 3. The lowest BCUT2D eigenvalue weighted by Gasteiger charge is -2.28. The minimum atomic E-state index is -3.82. The molecule has 0 unspecified atom stereocenters. The molecule has 3 amide bonds. The van der Waals surface area contributed by atoms with E-state index in [1.165, 1.54) is 136 Å². The van der Waals surface area contributed by atoms with Crippen LogP contribution in [0.3, 0.4) is 0 Å². The van der Waals surface area contributed by atoms with Gasteiger partial charge in [0.1, 0.15) is 57.4 Å². The number of nitrogens with one attached hydrogen (secondary N) is 2. The number of aryl methyl sites for hydroxylation is 1. The summed E-state index contributed by atoms with van der Waals surface area (Å²) >= 11 is 7.04. The van der Waals surface area contributed by atoms with Gasteiger partial charge < -0.3 is 29.3 Å². The van der Waals surface area contributed by atoms with Gasteiger partial charge in [-0.15, -0.1) is 11.6 Å². The molecule has 476 valence electrons. The second kappa shape index (κ2) is 27.9. The van der Waals surface area contributed by atoms with Gasteiger partial charge in [0.2, 0.25) is 20.0 Å². The van der Waals surface area contributed by atoms with Crippen LogP contribution in [0.25, 0.3) is 67.1 Å². The fourth-order valence-corrected chi connectivity index (χ4v) is 10.6. The number of hydrogen-bond donors (Lipinski definition) is 3. The molecular weight excluding hydrogens is 1380 g/mol. The molecule has 10 aromatic rings. The number of ketones is 1. The number of alkyl halides is 2. The number of carbonyl (C=O) groups excluding carboxylic acids is 4. The molecule has 4 aromatic carbocycles. The molecule has 29 heteroatoms. The topological polar surface area (TPSA) is 278 Å². The van der Waals surface area contributed by atoms with Crippen molar-refractivity contribution in [3.63, 3.8) is 0 Å². The van der Waals surface area contributed by atoms with E-state index in [0.717, 1.165) is 33.5 Å². The minimum Gasteiger partial charge on any atom is -0.506 e. The highest BCUT2D eigenvalue weighted by atomic mass is 127. The third kappa shape index (κ3) is 14.6. The summed E-state index contributed by atoms with van der Waals surface area (Å²) in [6, 6.07) is 27.9. The van der Waals surface area contributed by atoms with E-state index in [1.807, 2.05) is 0 Å². The molecule has 92 heavy (non-hydrogen) atoms. The number of carbonyl (C=O) groups is 4. The molecule has 1 aliphatic heterocycles. The average molecular weight is 1430 g/mol. The highest BCUT2D eigenvalue weighted by Crippen LogP contribution is 2.44. The Balaban J connectivity index is 0.000000209. The maximum absolute atomic E-state index is 13.7. The van der Waals surface area contributed by atoms with Crippen molar-refractivity contribution in [1.82, 2.24) is 35.5 Å². The Kier molecular flexibility index (Phi) is 20.3. The van der Waals surface area contributed by atoms with Gasteiger partial charge in [-0.2, -0.15) is 0 Å². The summed E-state index contributed by atoms with van der Waals surface area (Å²) in [7, 11) is -2.06. The Labute approximate surface area is 542 Å². The van der Waals surface area contributed by atoms with Gasteiger partial charge in [0.25, 0.3) is 17.7 Å². The third-order valence-electron chi connectivity index (χ3n) is 14.4. The summed E-state index contributed by atoms with van der Waals surface area (Å²) in [6.07, 6.45) is 4.19. The zero-order valence-electron chi connectivity index (χ0n) is 49.4. The molecule has 7 heterocycles. The van der Waals surface area contributed by atoms with E-state index in [0.29, 0.717) is 37.2 Å². The number of Topliss-reactive ketones (excluding diaryl/α,β-unsaturated/α-hetero) is 1. The van der Waals surface area contributed by atoms with Gasteiger partial charge >= 0.3 is 0 Å². The van der Waals surface area contributed by atoms with Crippen LogP contribution in [0.2, 0.25) is 0 Å². The van der Waals surface area contributed by atoms with Crippen molar-refractivity contribution in [1.29, 1.82) is 0 Å². The lowest BCUT2D eigenvalue weighted by Crippen LogP contribution is -2.39. The van der Waals surface area contributed by atoms with Gasteiger partial charge in [0, 0.05) is 85.5 Å². The molecule has 11 rings (SSSR count). The second-order valence-corrected chi connectivity index (χ2v) is 26.3. The fraction of sp³-hybridized carbons (Fsp3) is 0.175. The number of sulfonamides is 2. The largest absolute Gasteiger partial charge is 0.506 e. The number of anilines is 2. The van der Waals surface area contributed by atoms with Crippen molar-refractivity contribution in [3.05, 3.63) is 191 Å². The number of hydrogen-bond acceptors (Lipinski definition) is 16. The highest BCUT2D eigenvalue weighted by molar-refractivity contribution is 14.1. The smallest absolute Gasteiger partial charge is 0.279 e. The number of fused-ring (bicyclic) bond motifs is 3. The van der Waals surface area contributed by atoms with Crippen LogP contribution in [0.1, 0.15) is 59.5 Å². The number of rotatable bonds is 16. The Morgan fingerprint density at radius 2 is 1.10 bits per heavy atom. The van der Waals surface area contributed by atoms with Crippen molar-refractivity contribution in [3.8, 4) is 56.7 Å². The monoisotopic (exact) mass is 1430 g/mol. The summed E-state index contributed by atoms with van der Waals surface area (Å²) in [6.45, 7) is -0.0498. The molecule has 0 aliphatic carbocycles. The van der Waals surface area contributed by atoms with Crippen molar-refractivity contribution in [2.45, 2.75) is 19.4 Å². The summed E-state index contributed by atoms with van der Waals surface area (Å²) in [5.41, 5.74) is 3.20. The van der Waals surface area contributed by atoms with Crippen LogP contribution in [0.5, 0.6) is 11.5 Å². The Morgan fingerprint density at radius 1 is 0.652 bits per heavy atom. The molecule has 21 nitrogen and oxygen atoms in total. The Bertz CT molecular complexity index is 4720. The fourth-order valence-electron chi connectivity index (χ4n) is 9.62. The zero-order valence-corrected chi connectivity index (χ0v) is 53.9. The number of nitrogens with zero attached hydrogens (tertiary/aromatic N) is 7. The number of pyridine rings is 4. The number of aromatic hydroxyl groups is 1. The third-order valence-corrected chi connectivity index (χ3v) is 16.7. The number of halogens is 6. The molecule has 1 aliphatic rings. The molecule has 3 N–H and O–H groups in total. The quantitative estimate of drug-likeness (QED) is 0.0351. The molecule has 0 fully saturated rings. The maximum Gasteiger partial charge on any atom is 0.279 e. The van der Waals surface area contributed by atoms with Crippen molar-refractivity contribution >= 4 is 111 Å². The van der Waals surface area contributed by atoms with E-state index >= 15 is 0 Å². The molecule has 0 bridgehead atoms. The van der Waals surface area contributed by atoms with Gasteiger partial charge in [-0.25, -0.2) is 44.4 Å². The van der Waals surface area contributed by atoms with Crippen LogP contribution in [-0.2, 0) is 33.0 Å². The van der Waals surface area contributed by atoms with Gasteiger partial charge in [-0.3, -0.25) is 42.7 Å². The van der Waals surface area contributed by atoms with Crippen molar-refractivity contribution < 1.29 is 72.3 Å². The first-order chi connectivity index (χ1) is 43.7. The van der Waals surface area contributed by atoms with Gasteiger partial charge in [-0.1, -0.05) is 22.6 Å². The van der Waals surface area contributed by atoms with Crippen molar-refractivity contribution in [2.75, 3.05) is 59.9 Å². The minimum absolute atomic E-state index is 0.0281. The van der Waals surface area contributed by atoms with E-state index in [4.69, 9.17) is 25.2 Å². The lowest BCUT2D eigenvalue weighted by atomic mass is 10.00. The molecule has 0 saturated heterocycles. The summed E-state index contributed by atoms with van der Waals surface area (Å²) < 4.78 is 125. The van der Waals surface area contributed by atoms with E-state index in [2.05, 4.69) is 53.2 Å². The Hall–Kier alpha value is -9.52. The number of ether oxygens (including phenoxy) is 1. The predicted octanol–water partition coefficient (Wildman–Crippen LogP) is 11.3. The average Bonchev–Trinajstić information content (AvgIpc) is 1.56. The first-order valence-corrected chi connectivity index (χ1v) is 33.0. The second-order valence-electron chi connectivity index (χ2n) is 20.3. The summed E-state index contributed by atoms with van der Waals surface area (Å²) in [4.78, 5) is 71.2. The SMILES string of the molecule is CNC(=O)c1c(-c2ccc(F)cc2)oc2cc(N(C)S(C)(=O)=O)c(-c3ccc(O)c(C(=O)CCc4ccc(F)cn4)n3)cc12.CNC(=O)c1c(-c2ccc(F)cc2)oc2cc(N(C)S(C)(=O)=O)c(-c3ccc4c(n3)C(=O)N(Cc3ccc(F)cn3)CO4)cc12.ClCI. The molecular formula is C63H53ClF4IN9O12S2. The Morgan fingerprint density at radius 3 is 1.54 bits per heavy atom. The zero-order chi connectivity index (χ0) is 66.5. The number of furan rings is 2. The van der Waals surface area contributed by atoms with Gasteiger partial charge in [0.15, 0.2) is 24.0 Å². The standard InChI is InChI=1S/C31H25F2N5O6S.C31H26F2N4O6S.CH2ClI/c1-34-30(39)27-22-12-21(24(37(2)45(3,41)42)13-26(22)44-29(27)17-4-6-18(32)7-5-17)23-10-11-25-28(36-23)31(40)38(16-43-25)15-20-9-8-19(33)14-35-20;1-34-31(40)28-22-14-21(23-11-13-26(39)29(36-23)25(38)12-10-20-9-8-19(33)16-35-20)24(37(2)44(3,41)42)15-27(22)43-30(28)17-4-6-18(32)7-5-17;2-1-3/h4-14H,15-16H2,1-3H3,(H,34,39);4-9,11,13-16,39H,10,12H2,1-3H3,(H,34,40);1H2. The lowest BCUT2D eigenvalue weighted by molar-refractivity contribution is 0.0484. The van der Waals surface area contributed by atoms with E-state index in [1.54, 1.807) is 18.2 Å². The molecule has 0 spiro atoms. The van der Waals surface area contributed by atoms with Crippen molar-refractivity contribution in [2.24, 2.45) is 0 Å². The summed E-state index contributed by atoms with van der Waals surface area (Å²) in [5.74, 6) is -3.86. The highest BCUT2D eigenvalue weighted by Gasteiger charge is 2.32. The van der Waals surface area contributed by atoms with E-state index < -0.39 is 72.6 Å². The van der Waals surface area contributed by atoms with Crippen LogP contribution in [-0.4, -0.2) is 122 Å². The summed E-state index contributed by atoms with van der Waals surface area (Å²) in [5, 5.41) is 16.3. The number of aromatic nitrogens is 4. The van der Waals surface area contributed by atoms with Gasteiger partial charge in [0.05, 0.1) is 74.9 Å². The van der Waals surface area contributed by atoms with Crippen LogP contribution in [0.15, 0.2) is 143 Å². The number of benzene rings is 4. The van der Waals surface area contributed by atoms with Crippen LogP contribution in [0, 0.1) is 23.3 Å². The van der Waals surface area contributed by atoms with Crippen LogP contribution >= 0.6 is 34.2 Å². The molecule has 6 aromatic heterocycles. The predicted molar refractivity (Wildman–Crippen MR) is 346 cm³/mol. The van der Waals surface area contributed by atoms with Crippen LogP contribution in [0.4, 0.5) is 28.9 Å². The first-order valence-electron chi connectivity index (χ1n) is 27.3. The van der Waals surface area contributed by atoms with Gasteiger partial charge in [-0.05, 0) is 116 Å².